The number of nitrogens with two attached hydrogens (primary N) is 1. The van der Waals surface area contributed by atoms with Gasteiger partial charge in [-0.2, -0.15) is 0 Å². The number of thioether (sulfide) groups is 1. The predicted molar refractivity (Wildman–Crippen MR) is 78.0 cm³/mol. The number of hydrogen-bond acceptors (Lipinski definition) is 3. The summed E-state index contributed by atoms with van der Waals surface area (Å²) in [6.07, 6.45) is 4.82. The Labute approximate surface area is 122 Å². The molecule has 0 radical (unpaired) electrons. The van der Waals surface area contributed by atoms with Gasteiger partial charge in [-0.1, -0.05) is 0 Å². The van der Waals surface area contributed by atoms with Crippen molar-refractivity contribution in [2.75, 3.05) is 0 Å². The Morgan fingerprint density at radius 3 is 2.60 bits per heavy atom. The summed E-state index contributed by atoms with van der Waals surface area (Å²) in [5, 5.41) is 3.80. The normalized spacial score (nSPS) is 29.6. The average molecular weight is 294 g/mol. The quantitative estimate of drug-likeness (QED) is 0.877. The smallest absolute Gasteiger partial charge is 0.237 e. The molecule has 108 valence electrons. The highest BCUT2D eigenvalue weighted by atomic mass is 32.2. The second kappa shape index (κ2) is 5.37. The molecule has 0 spiro atoms. The Balaban J connectivity index is 1.65. The molecule has 0 aromatic heterocycles. The van der Waals surface area contributed by atoms with E-state index in [1.165, 1.54) is 12.1 Å². The SMILES string of the molecule is NC(=O)C1(NC2CC2)CCC(Sc2ccc(F)cc2)C1. The van der Waals surface area contributed by atoms with Gasteiger partial charge in [0.25, 0.3) is 0 Å². The van der Waals surface area contributed by atoms with Crippen LogP contribution in [0.4, 0.5) is 4.39 Å². The van der Waals surface area contributed by atoms with E-state index in [0.29, 0.717) is 11.3 Å². The Hall–Kier alpha value is -1.07. The molecule has 1 aromatic rings. The van der Waals surface area contributed by atoms with Gasteiger partial charge in [-0.15, -0.1) is 11.8 Å². The van der Waals surface area contributed by atoms with Gasteiger partial charge in [0.15, 0.2) is 0 Å². The van der Waals surface area contributed by atoms with E-state index < -0.39 is 5.54 Å². The summed E-state index contributed by atoms with van der Waals surface area (Å²) in [6, 6.07) is 7.00. The zero-order valence-corrected chi connectivity index (χ0v) is 12.1. The molecule has 1 amide bonds. The van der Waals surface area contributed by atoms with Crippen molar-refractivity contribution in [1.29, 1.82) is 0 Å². The molecule has 0 aliphatic heterocycles. The fraction of sp³-hybridized carbons (Fsp3) is 0.533. The minimum Gasteiger partial charge on any atom is -0.368 e. The van der Waals surface area contributed by atoms with Gasteiger partial charge in [-0.3, -0.25) is 4.79 Å². The van der Waals surface area contributed by atoms with E-state index in [1.807, 2.05) is 0 Å². The minimum absolute atomic E-state index is 0.220. The highest BCUT2D eigenvalue weighted by Gasteiger charge is 2.46. The van der Waals surface area contributed by atoms with E-state index in [9.17, 15) is 9.18 Å². The summed E-state index contributed by atoms with van der Waals surface area (Å²) in [7, 11) is 0. The second-order valence-electron chi connectivity index (χ2n) is 5.80. The molecule has 2 fully saturated rings. The van der Waals surface area contributed by atoms with E-state index >= 15 is 0 Å². The van der Waals surface area contributed by atoms with Crippen molar-refractivity contribution >= 4 is 17.7 Å². The molecule has 0 bridgehead atoms. The van der Waals surface area contributed by atoms with Gasteiger partial charge in [0, 0.05) is 16.2 Å². The second-order valence-corrected chi connectivity index (χ2v) is 7.18. The van der Waals surface area contributed by atoms with E-state index in [2.05, 4.69) is 5.32 Å². The van der Waals surface area contributed by atoms with Crippen molar-refractivity contribution in [3.05, 3.63) is 30.1 Å². The van der Waals surface area contributed by atoms with Gasteiger partial charge in [0.1, 0.15) is 5.82 Å². The summed E-state index contributed by atoms with van der Waals surface area (Å²) in [6.45, 7) is 0. The van der Waals surface area contributed by atoms with Crippen LogP contribution in [0, 0.1) is 5.82 Å². The van der Waals surface area contributed by atoms with E-state index in [1.54, 1.807) is 23.9 Å². The van der Waals surface area contributed by atoms with Crippen LogP contribution in [0.1, 0.15) is 32.1 Å². The molecule has 20 heavy (non-hydrogen) atoms. The molecule has 5 heteroatoms. The first-order chi connectivity index (χ1) is 9.57. The molecule has 2 aliphatic rings. The molecule has 2 atom stereocenters. The summed E-state index contributed by atoms with van der Waals surface area (Å²) in [4.78, 5) is 12.9. The molecule has 2 unspecified atom stereocenters. The highest BCUT2D eigenvalue weighted by molar-refractivity contribution is 8.00. The molecule has 3 rings (SSSR count). The third kappa shape index (κ3) is 2.99. The van der Waals surface area contributed by atoms with Crippen LogP contribution in [0.15, 0.2) is 29.2 Å². The Bertz CT molecular complexity index is 503. The molecule has 1 aromatic carbocycles. The van der Waals surface area contributed by atoms with Gasteiger partial charge in [-0.25, -0.2) is 4.39 Å². The molecule has 0 saturated heterocycles. The maximum atomic E-state index is 12.9. The number of nitrogens with one attached hydrogen (secondary N) is 1. The van der Waals surface area contributed by atoms with Gasteiger partial charge in [0.05, 0.1) is 5.54 Å². The van der Waals surface area contributed by atoms with Crippen LogP contribution in [-0.4, -0.2) is 22.7 Å². The first kappa shape index (κ1) is 13.9. The van der Waals surface area contributed by atoms with Crippen molar-refractivity contribution in [2.45, 2.75) is 53.8 Å². The number of hydrogen-bond donors (Lipinski definition) is 2. The molecular weight excluding hydrogens is 275 g/mol. The lowest BCUT2D eigenvalue weighted by Gasteiger charge is -2.27. The molecule has 3 nitrogen and oxygen atoms in total. The molecular formula is C15H19FN2OS. The lowest BCUT2D eigenvalue weighted by atomic mass is 9.96. The number of rotatable bonds is 5. The van der Waals surface area contributed by atoms with E-state index in [-0.39, 0.29) is 11.7 Å². The van der Waals surface area contributed by atoms with Crippen molar-refractivity contribution < 1.29 is 9.18 Å². The molecule has 3 N–H and O–H groups in total. The van der Waals surface area contributed by atoms with Crippen LogP contribution in [0.3, 0.4) is 0 Å². The van der Waals surface area contributed by atoms with Gasteiger partial charge in [0.2, 0.25) is 5.91 Å². The largest absolute Gasteiger partial charge is 0.368 e. The molecule has 2 aliphatic carbocycles. The van der Waals surface area contributed by atoms with Gasteiger partial charge >= 0.3 is 0 Å². The summed E-state index contributed by atoms with van der Waals surface area (Å²) < 4.78 is 12.9. The number of amides is 1. The topological polar surface area (TPSA) is 55.1 Å². The first-order valence-corrected chi connectivity index (χ1v) is 7.95. The lowest BCUT2D eigenvalue weighted by molar-refractivity contribution is -0.124. The van der Waals surface area contributed by atoms with Crippen LogP contribution in [0.5, 0.6) is 0 Å². The number of carbonyl (C=O) groups excluding carboxylic acids is 1. The fourth-order valence-corrected chi connectivity index (χ4v) is 4.13. The van der Waals surface area contributed by atoms with Crippen molar-refractivity contribution in [2.24, 2.45) is 5.73 Å². The number of primary amides is 1. The highest BCUT2D eigenvalue weighted by Crippen LogP contribution is 2.41. The van der Waals surface area contributed by atoms with E-state index in [4.69, 9.17) is 5.73 Å². The summed E-state index contributed by atoms with van der Waals surface area (Å²) >= 11 is 1.71. The first-order valence-electron chi connectivity index (χ1n) is 7.07. The zero-order chi connectivity index (χ0) is 14.2. The van der Waals surface area contributed by atoms with E-state index in [0.717, 1.165) is 37.0 Å². The molecule has 2 saturated carbocycles. The van der Waals surface area contributed by atoms with Crippen LogP contribution < -0.4 is 11.1 Å². The Morgan fingerprint density at radius 2 is 2.00 bits per heavy atom. The maximum absolute atomic E-state index is 12.9. The lowest BCUT2D eigenvalue weighted by Crippen LogP contribution is -2.54. The van der Waals surface area contributed by atoms with Crippen molar-refractivity contribution in [3.8, 4) is 0 Å². The number of carbonyl (C=O) groups is 1. The monoisotopic (exact) mass is 294 g/mol. The Morgan fingerprint density at radius 1 is 1.30 bits per heavy atom. The van der Waals surface area contributed by atoms with Crippen LogP contribution in [0.25, 0.3) is 0 Å². The fourth-order valence-electron chi connectivity index (χ4n) is 2.85. The van der Waals surface area contributed by atoms with Crippen molar-refractivity contribution in [3.63, 3.8) is 0 Å². The number of halogens is 1. The Kier molecular flexibility index (Phi) is 3.73. The predicted octanol–water partition coefficient (Wildman–Crippen LogP) is 2.45. The maximum Gasteiger partial charge on any atom is 0.237 e. The minimum atomic E-state index is -0.529. The van der Waals surface area contributed by atoms with Crippen LogP contribution in [0.2, 0.25) is 0 Å². The van der Waals surface area contributed by atoms with Crippen LogP contribution >= 0.6 is 11.8 Å². The molecule has 0 heterocycles. The van der Waals surface area contributed by atoms with Gasteiger partial charge < -0.3 is 11.1 Å². The van der Waals surface area contributed by atoms with Crippen LogP contribution in [-0.2, 0) is 4.79 Å². The third-order valence-electron chi connectivity index (χ3n) is 4.12. The van der Waals surface area contributed by atoms with Gasteiger partial charge in [-0.05, 0) is 56.4 Å². The third-order valence-corrected chi connectivity index (χ3v) is 5.40. The average Bonchev–Trinajstić information content (AvgIpc) is 3.12. The van der Waals surface area contributed by atoms with Crippen molar-refractivity contribution in [1.82, 2.24) is 5.32 Å². The zero-order valence-electron chi connectivity index (χ0n) is 11.3. The standard InChI is InChI=1S/C15H19FN2OS/c16-10-1-5-12(6-2-10)20-13-7-8-15(9-13,14(17)19)18-11-3-4-11/h1-2,5-6,11,13,18H,3-4,7-9H2,(H2,17,19). The summed E-state index contributed by atoms with van der Waals surface area (Å²) in [5.41, 5.74) is 5.10. The summed E-state index contributed by atoms with van der Waals surface area (Å²) in [5.74, 6) is -0.450. The number of benzene rings is 1.